The van der Waals surface area contributed by atoms with Gasteiger partial charge in [-0.3, -0.25) is 4.79 Å². The van der Waals surface area contributed by atoms with Crippen LogP contribution in [0.1, 0.15) is 5.76 Å². The summed E-state index contributed by atoms with van der Waals surface area (Å²) in [7, 11) is 0. The summed E-state index contributed by atoms with van der Waals surface area (Å²) in [4.78, 5) is 14.3. The molecule has 1 heterocycles. The molecule has 0 saturated carbocycles. The summed E-state index contributed by atoms with van der Waals surface area (Å²) in [6, 6.07) is 0. The molecule has 0 bridgehead atoms. The van der Waals surface area contributed by atoms with Crippen molar-refractivity contribution < 1.29 is 9.21 Å². The first-order chi connectivity index (χ1) is 5.22. The van der Waals surface area contributed by atoms with Crippen molar-refractivity contribution in [1.82, 2.24) is 4.98 Å². The quantitative estimate of drug-likeness (QED) is 0.671. The molecule has 1 aromatic rings. The van der Waals surface area contributed by atoms with E-state index in [4.69, 9.17) is 10.2 Å². The van der Waals surface area contributed by atoms with Crippen LogP contribution >= 0.6 is 11.8 Å². The van der Waals surface area contributed by atoms with Gasteiger partial charge in [0.2, 0.25) is 5.91 Å². The lowest BCUT2D eigenvalue weighted by molar-refractivity contribution is -0.117. The summed E-state index contributed by atoms with van der Waals surface area (Å²) < 4.78 is 5.09. The van der Waals surface area contributed by atoms with Crippen LogP contribution in [0.15, 0.2) is 15.8 Å². The first-order valence-electron chi connectivity index (χ1n) is 2.99. The summed E-state index contributed by atoms with van der Waals surface area (Å²) in [5.41, 5.74) is 4.94. The Bertz CT molecular complexity index is 259. The summed E-state index contributed by atoms with van der Waals surface area (Å²) in [5.74, 6) is 0.107. The molecule has 1 rings (SSSR count). The van der Waals surface area contributed by atoms with Crippen molar-refractivity contribution in [3.8, 4) is 0 Å². The highest BCUT2D eigenvalue weighted by Gasteiger charge is 2.04. The molecule has 1 amide bonds. The van der Waals surface area contributed by atoms with Crippen molar-refractivity contribution in [3.05, 3.63) is 12.0 Å². The Hall–Kier alpha value is -0.970. The van der Waals surface area contributed by atoms with Crippen LogP contribution in [-0.2, 0) is 11.2 Å². The van der Waals surface area contributed by atoms with Crippen molar-refractivity contribution in [2.75, 3.05) is 6.26 Å². The molecule has 2 N–H and O–H groups in total. The molecule has 4 nitrogen and oxygen atoms in total. The second-order valence-electron chi connectivity index (χ2n) is 1.94. The highest BCUT2D eigenvalue weighted by atomic mass is 32.2. The first kappa shape index (κ1) is 8.13. The molecule has 0 atom stereocenters. The van der Waals surface area contributed by atoms with Gasteiger partial charge in [-0.25, -0.2) is 4.98 Å². The Morgan fingerprint density at radius 2 is 2.64 bits per heavy atom. The molecule has 0 aliphatic rings. The number of nitrogens with zero attached hydrogens (tertiary/aromatic N) is 1. The lowest BCUT2D eigenvalue weighted by Crippen LogP contribution is -2.12. The fourth-order valence-corrected chi connectivity index (χ4v) is 0.986. The van der Waals surface area contributed by atoms with Gasteiger partial charge in [0.05, 0.1) is 12.6 Å². The number of amides is 1. The van der Waals surface area contributed by atoms with Crippen molar-refractivity contribution in [2.45, 2.75) is 11.6 Å². The van der Waals surface area contributed by atoms with E-state index in [-0.39, 0.29) is 6.42 Å². The van der Waals surface area contributed by atoms with Gasteiger partial charge in [-0.2, -0.15) is 0 Å². The second-order valence-corrected chi connectivity index (χ2v) is 2.70. The summed E-state index contributed by atoms with van der Waals surface area (Å²) in [5, 5.41) is 0.557. The SMILES string of the molecule is CSc1ncc(CC(N)=O)o1. The third-order valence-electron chi connectivity index (χ3n) is 1.06. The van der Waals surface area contributed by atoms with E-state index < -0.39 is 5.91 Å². The number of nitrogens with two attached hydrogens (primary N) is 1. The molecular formula is C6H8N2O2S. The van der Waals surface area contributed by atoms with Gasteiger partial charge >= 0.3 is 0 Å². The van der Waals surface area contributed by atoms with Gasteiger partial charge < -0.3 is 10.2 Å². The summed E-state index contributed by atoms with van der Waals surface area (Å²) >= 11 is 1.39. The molecule has 60 valence electrons. The Morgan fingerprint density at radius 1 is 1.91 bits per heavy atom. The Labute approximate surface area is 68.2 Å². The second kappa shape index (κ2) is 3.43. The molecule has 0 fully saturated rings. The molecule has 0 aliphatic carbocycles. The minimum atomic E-state index is -0.409. The smallest absolute Gasteiger partial charge is 0.255 e. The van der Waals surface area contributed by atoms with Gasteiger partial charge in [-0.15, -0.1) is 0 Å². The van der Waals surface area contributed by atoms with Crippen LogP contribution in [0.4, 0.5) is 0 Å². The van der Waals surface area contributed by atoms with Gasteiger partial charge in [0, 0.05) is 0 Å². The molecular weight excluding hydrogens is 164 g/mol. The van der Waals surface area contributed by atoms with Crippen molar-refractivity contribution in [1.29, 1.82) is 0 Å². The molecule has 0 saturated heterocycles. The molecule has 0 radical (unpaired) electrons. The minimum absolute atomic E-state index is 0.119. The number of aromatic nitrogens is 1. The van der Waals surface area contributed by atoms with Gasteiger partial charge in [0.1, 0.15) is 5.76 Å². The Morgan fingerprint density at radius 3 is 3.09 bits per heavy atom. The van der Waals surface area contributed by atoms with Crippen LogP contribution in [0.25, 0.3) is 0 Å². The van der Waals surface area contributed by atoms with Crippen LogP contribution < -0.4 is 5.73 Å². The zero-order valence-electron chi connectivity index (χ0n) is 6.03. The fourth-order valence-electron chi connectivity index (χ4n) is 0.637. The first-order valence-corrected chi connectivity index (χ1v) is 4.22. The van der Waals surface area contributed by atoms with E-state index in [1.54, 1.807) is 0 Å². The fraction of sp³-hybridized carbons (Fsp3) is 0.333. The molecule has 11 heavy (non-hydrogen) atoms. The number of carbonyl (C=O) groups excluding carboxylic acids is 1. The average Bonchev–Trinajstić information content (AvgIpc) is 2.34. The lowest BCUT2D eigenvalue weighted by Gasteiger charge is -1.87. The van der Waals surface area contributed by atoms with E-state index in [0.717, 1.165) is 0 Å². The summed E-state index contributed by atoms with van der Waals surface area (Å²) in [6.45, 7) is 0. The molecule has 1 aromatic heterocycles. The maximum Gasteiger partial charge on any atom is 0.255 e. The van der Waals surface area contributed by atoms with Crippen LogP contribution in [-0.4, -0.2) is 17.1 Å². The van der Waals surface area contributed by atoms with Crippen LogP contribution in [0.2, 0.25) is 0 Å². The van der Waals surface area contributed by atoms with E-state index in [9.17, 15) is 4.79 Å². The minimum Gasteiger partial charge on any atom is -0.436 e. The predicted octanol–water partition coefficient (Wildman–Crippen LogP) is 0.424. The zero-order chi connectivity index (χ0) is 8.27. The molecule has 0 aromatic carbocycles. The van der Waals surface area contributed by atoms with Crippen LogP contribution in [0, 0.1) is 0 Å². The lowest BCUT2D eigenvalue weighted by atomic mass is 10.3. The number of oxazole rings is 1. The molecule has 0 spiro atoms. The highest BCUT2D eigenvalue weighted by Crippen LogP contribution is 2.13. The zero-order valence-corrected chi connectivity index (χ0v) is 6.85. The van der Waals surface area contributed by atoms with Gasteiger partial charge in [-0.1, -0.05) is 11.8 Å². The van der Waals surface area contributed by atoms with Gasteiger partial charge in [0.15, 0.2) is 0 Å². The standard InChI is InChI=1S/C6H8N2O2S/c1-11-6-8-3-4(10-6)2-5(7)9/h3H,2H2,1H3,(H2,7,9). The maximum atomic E-state index is 10.4. The van der Waals surface area contributed by atoms with Gasteiger partial charge in [0.25, 0.3) is 5.22 Å². The van der Waals surface area contributed by atoms with E-state index >= 15 is 0 Å². The Kier molecular flexibility index (Phi) is 2.53. The van der Waals surface area contributed by atoms with E-state index in [1.807, 2.05) is 6.26 Å². The van der Waals surface area contributed by atoms with E-state index in [0.29, 0.717) is 11.0 Å². The van der Waals surface area contributed by atoms with Crippen molar-refractivity contribution >= 4 is 17.7 Å². The third-order valence-corrected chi connectivity index (χ3v) is 1.59. The van der Waals surface area contributed by atoms with E-state index in [2.05, 4.69) is 4.98 Å². The summed E-state index contributed by atoms with van der Waals surface area (Å²) in [6.07, 6.45) is 3.48. The molecule has 5 heteroatoms. The Balaban J connectivity index is 2.65. The molecule has 0 unspecified atom stereocenters. The molecule has 0 aliphatic heterocycles. The number of hydrogen-bond acceptors (Lipinski definition) is 4. The predicted molar refractivity (Wildman–Crippen MR) is 41.2 cm³/mol. The monoisotopic (exact) mass is 172 g/mol. The van der Waals surface area contributed by atoms with Crippen molar-refractivity contribution in [3.63, 3.8) is 0 Å². The van der Waals surface area contributed by atoms with Gasteiger partial charge in [-0.05, 0) is 6.26 Å². The number of hydrogen-bond donors (Lipinski definition) is 1. The van der Waals surface area contributed by atoms with Crippen LogP contribution in [0.3, 0.4) is 0 Å². The number of rotatable bonds is 3. The topological polar surface area (TPSA) is 69.1 Å². The van der Waals surface area contributed by atoms with E-state index in [1.165, 1.54) is 18.0 Å². The average molecular weight is 172 g/mol. The normalized spacial score (nSPS) is 9.91. The highest BCUT2D eigenvalue weighted by molar-refractivity contribution is 7.98. The number of carbonyl (C=O) groups is 1. The maximum absolute atomic E-state index is 10.4. The van der Waals surface area contributed by atoms with Crippen molar-refractivity contribution in [2.24, 2.45) is 5.73 Å². The third kappa shape index (κ3) is 2.27. The largest absolute Gasteiger partial charge is 0.436 e. The number of thioether (sulfide) groups is 1. The number of primary amides is 1. The van der Waals surface area contributed by atoms with Crippen LogP contribution in [0.5, 0.6) is 0 Å².